The number of ether oxygens (including phenoxy) is 2. The molecule has 0 spiro atoms. The van der Waals surface area contributed by atoms with E-state index in [1.807, 2.05) is 11.8 Å². The fourth-order valence-corrected chi connectivity index (χ4v) is 2.61. The molecule has 15 heavy (non-hydrogen) atoms. The second kappa shape index (κ2) is 8.35. The monoisotopic (exact) mass is 235 g/mol. The van der Waals surface area contributed by atoms with Crippen LogP contribution in [0.3, 0.4) is 0 Å². The number of rotatable bonds is 8. The van der Waals surface area contributed by atoms with Gasteiger partial charge in [0.1, 0.15) is 0 Å². The highest BCUT2D eigenvalue weighted by atomic mass is 32.2. The second-order valence-corrected chi connectivity index (χ2v) is 4.84. The Morgan fingerprint density at radius 2 is 2.40 bits per heavy atom. The largest absolute Gasteiger partial charge is 0.389 e. The van der Waals surface area contributed by atoms with Gasteiger partial charge in [0.25, 0.3) is 0 Å². The number of nitrogens with one attached hydrogen (secondary N) is 1. The summed E-state index contributed by atoms with van der Waals surface area (Å²) >= 11 is 1.97. The fraction of sp³-hybridized carbons (Fsp3) is 1.00. The number of methoxy groups -OCH3 is 1. The van der Waals surface area contributed by atoms with Crippen molar-refractivity contribution in [3.05, 3.63) is 0 Å². The molecule has 0 bridgehead atoms. The molecule has 1 fully saturated rings. The molecule has 90 valence electrons. The molecule has 2 atom stereocenters. The number of aliphatic hydroxyl groups excluding tert-OH is 1. The van der Waals surface area contributed by atoms with Crippen LogP contribution < -0.4 is 5.32 Å². The Morgan fingerprint density at radius 3 is 3.07 bits per heavy atom. The van der Waals surface area contributed by atoms with E-state index in [2.05, 4.69) is 5.32 Å². The van der Waals surface area contributed by atoms with Gasteiger partial charge in [0, 0.05) is 25.4 Å². The van der Waals surface area contributed by atoms with Gasteiger partial charge >= 0.3 is 0 Å². The first-order valence-corrected chi connectivity index (χ1v) is 6.54. The molecule has 4 nitrogen and oxygen atoms in total. The van der Waals surface area contributed by atoms with E-state index in [0.717, 1.165) is 5.75 Å². The maximum Gasteiger partial charge on any atom is 0.0897 e. The van der Waals surface area contributed by atoms with Gasteiger partial charge in [-0.1, -0.05) is 0 Å². The van der Waals surface area contributed by atoms with Crippen LogP contribution in [-0.2, 0) is 9.47 Å². The van der Waals surface area contributed by atoms with Crippen molar-refractivity contribution in [1.82, 2.24) is 5.32 Å². The Kier molecular flexibility index (Phi) is 7.38. The van der Waals surface area contributed by atoms with Crippen molar-refractivity contribution < 1.29 is 14.6 Å². The van der Waals surface area contributed by atoms with E-state index in [4.69, 9.17) is 9.47 Å². The summed E-state index contributed by atoms with van der Waals surface area (Å²) in [5.74, 6) is 2.40. The van der Waals surface area contributed by atoms with Crippen LogP contribution in [-0.4, -0.2) is 62.2 Å². The van der Waals surface area contributed by atoms with E-state index in [0.29, 0.717) is 32.4 Å². The predicted octanol–water partition coefficient (Wildman–Crippen LogP) is 0.105. The van der Waals surface area contributed by atoms with Gasteiger partial charge in [0.15, 0.2) is 0 Å². The lowest BCUT2D eigenvalue weighted by atomic mass is 10.2. The first-order valence-electron chi connectivity index (χ1n) is 5.39. The highest BCUT2D eigenvalue weighted by molar-refractivity contribution is 7.99. The van der Waals surface area contributed by atoms with Crippen molar-refractivity contribution in [1.29, 1.82) is 0 Å². The summed E-state index contributed by atoms with van der Waals surface area (Å²) in [7, 11) is 1.64. The zero-order chi connectivity index (χ0) is 10.9. The summed E-state index contributed by atoms with van der Waals surface area (Å²) < 4.78 is 10.1. The molecule has 0 aromatic rings. The standard InChI is InChI=1S/C10H21NO3S/c1-13-3-4-14-7-10(12)6-11-9-2-5-15-8-9/h9-12H,2-8H2,1H3. The summed E-state index contributed by atoms with van der Waals surface area (Å²) in [5.41, 5.74) is 0. The van der Waals surface area contributed by atoms with Crippen molar-refractivity contribution in [3.8, 4) is 0 Å². The molecule has 0 aromatic heterocycles. The average Bonchev–Trinajstić information content (AvgIpc) is 2.74. The summed E-state index contributed by atoms with van der Waals surface area (Å²) in [6, 6.07) is 0.573. The van der Waals surface area contributed by atoms with Crippen molar-refractivity contribution in [3.63, 3.8) is 0 Å². The Bertz CT molecular complexity index is 154. The molecule has 0 aliphatic carbocycles. The number of hydrogen-bond acceptors (Lipinski definition) is 5. The van der Waals surface area contributed by atoms with E-state index in [1.165, 1.54) is 12.2 Å². The lowest BCUT2D eigenvalue weighted by Gasteiger charge is -2.15. The van der Waals surface area contributed by atoms with Crippen LogP contribution in [0, 0.1) is 0 Å². The minimum atomic E-state index is -0.410. The Morgan fingerprint density at radius 1 is 1.53 bits per heavy atom. The second-order valence-electron chi connectivity index (χ2n) is 3.69. The van der Waals surface area contributed by atoms with E-state index >= 15 is 0 Å². The molecule has 1 rings (SSSR count). The zero-order valence-electron chi connectivity index (χ0n) is 9.28. The quantitative estimate of drug-likeness (QED) is 0.585. The number of aliphatic hydroxyl groups is 1. The third kappa shape index (κ3) is 6.37. The van der Waals surface area contributed by atoms with Crippen LogP contribution >= 0.6 is 11.8 Å². The molecule has 0 amide bonds. The van der Waals surface area contributed by atoms with Crippen LogP contribution in [0.15, 0.2) is 0 Å². The van der Waals surface area contributed by atoms with Crippen molar-refractivity contribution in [2.45, 2.75) is 18.6 Å². The normalized spacial score (nSPS) is 23.2. The highest BCUT2D eigenvalue weighted by Gasteiger charge is 2.15. The van der Waals surface area contributed by atoms with Crippen LogP contribution in [0.1, 0.15) is 6.42 Å². The Hall–Kier alpha value is 0.190. The van der Waals surface area contributed by atoms with Crippen LogP contribution in [0.25, 0.3) is 0 Å². The van der Waals surface area contributed by atoms with E-state index in [9.17, 15) is 5.11 Å². The summed E-state index contributed by atoms with van der Waals surface area (Å²) in [6.45, 7) is 2.14. The SMILES string of the molecule is COCCOCC(O)CNC1CCSC1. The molecule has 5 heteroatoms. The molecule has 2 N–H and O–H groups in total. The number of hydrogen-bond donors (Lipinski definition) is 2. The summed E-state index contributed by atoms with van der Waals surface area (Å²) in [6.07, 6.45) is 0.800. The van der Waals surface area contributed by atoms with Gasteiger partial charge in [0.05, 0.1) is 25.9 Å². The van der Waals surface area contributed by atoms with Crippen LogP contribution in [0.4, 0.5) is 0 Å². The van der Waals surface area contributed by atoms with Crippen molar-refractivity contribution >= 4 is 11.8 Å². The van der Waals surface area contributed by atoms with Gasteiger partial charge in [-0.15, -0.1) is 0 Å². The van der Waals surface area contributed by atoms with Crippen LogP contribution in [0.5, 0.6) is 0 Å². The fourth-order valence-electron chi connectivity index (χ4n) is 1.42. The maximum absolute atomic E-state index is 9.57. The minimum absolute atomic E-state index is 0.385. The first kappa shape index (κ1) is 13.3. The minimum Gasteiger partial charge on any atom is -0.389 e. The smallest absolute Gasteiger partial charge is 0.0897 e. The summed E-state index contributed by atoms with van der Waals surface area (Å²) in [5, 5.41) is 12.9. The highest BCUT2D eigenvalue weighted by Crippen LogP contribution is 2.16. The molecule has 2 unspecified atom stereocenters. The molecule has 0 saturated carbocycles. The molecule has 1 aliphatic heterocycles. The molecular weight excluding hydrogens is 214 g/mol. The lowest BCUT2D eigenvalue weighted by molar-refractivity contribution is 0.0131. The zero-order valence-corrected chi connectivity index (χ0v) is 10.1. The predicted molar refractivity (Wildman–Crippen MR) is 62.4 cm³/mol. The van der Waals surface area contributed by atoms with Gasteiger partial charge in [-0.25, -0.2) is 0 Å². The summed E-state index contributed by atoms with van der Waals surface area (Å²) in [4.78, 5) is 0. The van der Waals surface area contributed by atoms with Gasteiger partial charge in [0.2, 0.25) is 0 Å². The molecular formula is C10H21NO3S. The van der Waals surface area contributed by atoms with Crippen molar-refractivity contribution in [2.24, 2.45) is 0 Å². The van der Waals surface area contributed by atoms with E-state index < -0.39 is 6.10 Å². The van der Waals surface area contributed by atoms with Gasteiger partial charge in [-0.3, -0.25) is 0 Å². The maximum atomic E-state index is 9.57. The van der Waals surface area contributed by atoms with E-state index in [-0.39, 0.29) is 0 Å². The van der Waals surface area contributed by atoms with Gasteiger partial charge in [-0.2, -0.15) is 11.8 Å². The lowest BCUT2D eigenvalue weighted by Crippen LogP contribution is -2.37. The Labute approximate surface area is 95.7 Å². The van der Waals surface area contributed by atoms with Gasteiger partial charge < -0.3 is 19.9 Å². The van der Waals surface area contributed by atoms with Gasteiger partial charge in [-0.05, 0) is 12.2 Å². The molecule has 1 heterocycles. The van der Waals surface area contributed by atoms with Crippen LogP contribution in [0.2, 0.25) is 0 Å². The number of thioether (sulfide) groups is 1. The molecule has 1 saturated heterocycles. The Balaban J connectivity index is 1.90. The third-order valence-electron chi connectivity index (χ3n) is 2.31. The topological polar surface area (TPSA) is 50.7 Å². The molecule has 0 radical (unpaired) electrons. The van der Waals surface area contributed by atoms with E-state index in [1.54, 1.807) is 7.11 Å². The molecule has 1 aliphatic rings. The average molecular weight is 235 g/mol. The first-order chi connectivity index (χ1) is 7.33. The third-order valence-corrected chi connectivity index (χ3v) is 3.48. The molecule has 0 aromatic carbocycles. The van der Waals surface area contributed by atoms with Crippen molar-refractivity contribution in [2.75, 3.05) is 45.0 Å².